The lowest BCUT2D eigenvalue weighted by Gasteiger charge is -2.09. The monoisotopic (exact) mass is 267 g/mol. The fourth-order valence-electron chi connectivity index (χ4n) is 1.46. The maximum atomic E-state index is 5.99. The van der Waals surface area contributed by atoms with E-state index in [1.165, 1.54) is 0 Å². The van der Waals surface area contributed by atoms with E-state index in [1.54, 1.807) is 18.2 Å². The molecule has 0 spiro atoms. The van der Waals surface area contributed by atoms with Gasteiger partial charge in [-0.25, -0.2) is 0 Å². The Morgan fingerprint density at radius 1 is 1.00 bits per heavy atom. The first-order valence-corrected chi connectivity index (χ1v) is 5.83. The summed E-state index contributed by atoms with van der Waals surface area (Å²) in [6, 6.07) is 12.7. The Morgan fingerprint density at radius 2 is 1.65 bits per heavy atom. The van der Waals surface area contributed by atoms with Crippen molar-refractivity contribution in [3.05, 3.63) is 58.1 Å². The first kappa shape index (κ1) is 12.1. The van der Waals surface area contributed by atoms with Crippen LogP contribution in [0.4, 0.5) is 5.69 Å². The highest BCUT2D eigenvalue weighted by atomic mass is 35.5. The fraction of sp³-hybridized carbons (Fsp3) is 0.0769. The summed E-state index contributed by atoms with van der Waals surface area (Å²) in [6.45, 7) is 0.383. The molecule has 0 aliphatic rings. The van der Waals surface area contributed by atoms with E-state index in [-0.39, 0.29) is 0 Å². The van der Waals surface area contributed by atoms with Crippen molar-refractivity contribution in [2.75, 3.05) is 5.73 Å². The zero-order valence-electron chi connectivity index (χ0n) is 8.99. The van der Waals surface area contributed by atoms with Crippen LogP contribution in [0.15, 0.2) is 42.5 Å². The lowest BCUT2D eigenvalue weighted by Crippen LogP contribution is -1.97. The Balaban J connectivity index is 2.13. The van der Waals surface area contributed by atoms with E-state index in [9.17, 15) is 0 Å². The molecular weight excluding hydrogens is 257 g/mol. The van der Waals surface area contributed by atoms with E-state index in [4.69, 9.17) is 33.7 Å². The Hall–Kier alpha value is -1.38. The van der Waals surface area contributed by atoms with Gasteiger partial charge < -0.3 is 10.5 Å². The van der Waals surface area contributed by atoms with Gasteiger partial charge in [0.05, 0.1) is 10.0 Å². The lowest BCUT2D eigenvalue weighted by molar-refractivity contribution is 0.306. The fourth-order valence-corrected chi connectivity index (χ4v) is 1.97. The molecule has 0 saturated heterocycles. The highest BCUT2D eigenvalue weighted by molar-refractivity contribution is 6.37. The molecule has 0 heterocycles. The zero-order valence-corrected chi connectivity index (χ0v) is 10.5. The molecule has 0 aliphatic carbocycles. The molecule has 0 atom stereocenters. The van der Waals surface area contributed by atoms with Gasteiger partial charge in [0.15, 0.2) is 5.75 Å². The van der Waals surface area contributed by atoms with Gasteiger partial charge in [-0.15, -0.1) is 0 Å². The van der Waals surface area contributed by atoms with Crippen molar-refractivity contribution in [3.8, 4) is 5.75 Å². The summed E-state index contributed by atoms with van der Waals surface area (Å²) in [4.78, 5) is 0. The van der Waals surface area contributed by atoms with Crippen molar-refractivity contribution in [1.82, 2.24) is 0 Å². The Bertz CT molecular complexity index is 508. The van der Waals surface area contributed by atoms with Crippen LogP contribution in [0, 0.1) is 0 Å². The van der Waals surface area contributed by atoms with Gasteiger partial charge in [-0.05, 0) is 29.8 Å². The van der Waals surface area contributed by atoms with Crippen LogP contribution in [-0.4, -0.2) is 0 Å². The third kappa shape index (κ3) is 3.05. The summed E-state index contributed by atoms with van der Waals surface area (Å²) in [6.07, 6.45) is 0. The van der Waals surface area contributed by atoms with E-state index in [2.05, 4.69) is 0 Å². The molecule has 2 N–H and O–H groups in total. The number of nitrogen functional groups attached to an aromatic ring is 1. The summed E-state index contributed by atoms with van der Waals surface area (Å²) in [5.74, 6) is 0.498. The number of ether oxygens (including phenoxy) is 1. The molecule has 88 valence electrons. The smallest absolute Gasteiger partial charge is 0.156 e. The SMILES string of the molecule is Nc1cccc(COc2c(Cl)cccc2Cl)c1. The van der Waals surface area contributed by atoms with Gasteiger partial charge in [0.25, 0.3) is 0 Å². The number of anilines is 1. The normalized spacial score (nSPS) is 10.2. The summed E-state index contributed by atoms with van der Waals surface area (Å²) in [5.41, 5.74) is 7.36. The number of rotatable bonds is 3. The standard InChI is InChI=1S/C13H11Cl2NO/c14-11-5-2-6-12(15)13(11)17-8-9-3-1-4-10(16)7-9/h1-7H,8,16H2. The van der Waals surface area contributed by atoms with Crippen molar-refractivity contribution in [2.24, 2.45) is 0 Å². The highest BCUT2D eigenvalue weighted by Crippen LogP contribution is 2.32. The topological polar surface area (TPSA) is 35.2 Å². The van der Waals surface area contributed by atoms with Crippen LogP contribution < -0.4 is 10.5 Å². The Labute approximate surface area is 110 Å². The third-order valence-corrected chi connectivity index (χ3v) is 2.85. The molecule has 0 saturated carbocycles. The van der Waals surface area contributed by atoms with Crippen molar-refractivity contribution >= 4 is 28.9 Å². The molecule has 2 rings (SSSR count). The van der Waals surface area contributed by atoms with Crippen molar-refractivity contribution in [1.29, 1.82) is 0 Å². The minimum absolute atomic E-state index is 0.383. The van der Waals surface area contributed by atoms with E-state index >= 15 is 0 Å². The van der Waals surface area contributed by atoms with Gasteiger partial charge in [0, 0.05) is 5.69 Å². The maximum absolute atomic E-state index is 5.99. The molecule has 0 bridgehead atoms. The van der Waals surface area contributed by atoms with Gasteiger partial charge in [0.1, 0.15) is 6.61 Å². The van der Waals surface area contributed by atoms with Crippen LogP contribution in [0.5, 0.6) is 5.75 Å². The second-order valence-corrected chi connectivity index (χ2v) is 4.40. The van der Waals surface area contributed by atoms with Gasteiger partial charge in [-0.2, -0.15) is 0 Å². The minimum Gasteiger partial charge on any atom is -0.486 e. The number of nitrogens with two attached hydrogens (primary N) is 1. The van der Waals surface area contributed by atoms with Crippen LogP contribution in [0.3, 0.4) is 0 Å². The zero-order chi connectivity index (χ0) is 12.3. The number of hydrogen-bond donors (Lipinski definition) is 1. The van der Waals surface area contributed by atoms with E-state index in [0.29, 0.717) is 28.1 Å². The molecule has 2 nitrogen and oxygen atoms in total. The lowest BCUT2D eigenvalue weighted by atomic mass is 10.2. The predicted molar refractivity (Wildman–Crippen MR) is 71.6 cm³/mol. The molecule has 0 amide bonds. The molecule has 0 radical (unpaired) electrons. The van der Waals surface area contributed by atoms with Crippen molar-refractivity contribution in [2.45, 2.75) is 6.61 Å². The largest absolute Gasteiger partial charge is 0.486 e. The van der Waals surface area contributed by atoms with Gasteiger partial charge in [0.2, 0.25) is 0 Å². The molecule has 17 heavy (non-hydrogen) atoms. The highest BCUT2D eigenvalue weighted by Gasteiger charge is 2.06. The van der Waals surface area contributed by atoms with Gasteiger partial charge >= 0.3 is 0 Å². The van der Waals surface area contributed by atoms with Crippen molar-refractivity contribution < 1.29 is 4.74 Å². The van der Waals surface area contributed by atoms with Crippen LogP contribution in [0.25, 0.3) is 0 Å². The van der Waals surface area contributed by atoms with E-state index in [0.717, 1.165) is 5.56 Å². The van der Waals surface area contributed by atoms with Crippen molar-refractivity contribution in [3.63, 3.8) is 0 Å². The van der Waals surface area contributed by atoms with E-state index in [1.807, 2.05) is 24.3 Å². The number of halogens is 2. The van der Waals surface area contributed by atoms with Crippen LogP contribution >= 0.6 is 23.2 Å². The van der Waals surface area contributed by atoms with Crippen LogP contribution in [0.2, 0.25) is 10.0 Å². The molecule has 2 aromatic rings. The number of hydrogen-bond acceptors (Lipinski definition) is 2. The molecule has 0 aromatic heterocycles. The van der Waals surface area contributed by atoms with E-state index < -0.39 is 0 Å². The first-order chi connectivity index (χ1) is 8.16. The van der Waals surface area contributed by atoms with Crippen LogP contribution in [-0.2, 0) is 6.61 Å². The Morgan fingerprint density at radius 3 is 2.29 bits per heavy atom. The molecule has 0 aliphatic heterocycles. The summed E-state index contributed by atoms with van der Waals surface area (Å²) >= 11 is 12.0. The van der Waals surface area contributed by atoms with Gasteiger partial charge in [-0.3, -0.25) is 0 Å². The molecule has 0 fully saturated rings. The average molecular weight is 268 g/mol. The minimum atomic E-state index is 0.383. The maximum Gasteiger partial charge on any atom is 0.156 e. The number of benzene rings is 2. The number of para-hydroxylation sites is 1. The molecular formula is C13H11Cl2NO. The van der Waals surface area contributed by atoms with Crippen LogP contribution in [0.1, 0.15) is 5.56 Å². The quantitative estimate of drug-likeness (QED) is 0.848. The van der Waals surface area contributed by atoms with Gasteiger partial charge in [-0.1, -0.05) is 41.4 Å². The second-order valence-electron chi connectivity index (χ2n) is 3.58. The molecule has 2 aromatic carbocycles. The molecule has 0 unspecified atom stereocenters. The average Bonchev–Trinajstić information content (AvgIpc) is 2.28. The molecule has 4 heteroatoms. The second kappa shape index (κ2) is 5.30. The summed E-state index contributed by atoms with van der Waals surface area (Å²) < 4.78 is 5.59. The summed E-state index contributed by atoms with van der Waals surface area (Å²) in [5, 5.41) is 1.00. The first-order valence-electron chi connectivity index (χ1n) is 5.08. The predicted octanol–water partition coefficient (Wildman–Crippen LogP) is 4.15. The summed E-state index contributed by atoms with van der Waals surface area (Å²) in [7, 11) is 0. The third-order valence-electron chi connectivity index (χ3n) is 2.25. The Kier molecular flexibility index (Phi) is 3.77.